The quantitative estimate of drug-likeness (QED) is 0.404. The Hall–Kier alpha value is -0.260. The Morgan fingerprint density at radius 2 is 1.56 bits per heavy atom. The van der Waals surface area contributed by atoms with Crippen molar-refractivity contribution in [2.75, 3.05) is 0 Å². The molecule has 0 radical (unpaired) electrons. The minimum absolute atomic E-state index is 0.553. The molecule has 4 fully saturated rings. The van der Waals surface area contributed by atoms with Crippen LogP contribution in [0.5, 0.6) is 0 Å². The average Bonchev–Trinajstić information content (AvgIpc) is 2.63. The zero-order chi connectivity index (χ0) is 20.0. The molecule has 0 heterocycles. The normalized spacial score (nSPS) is 51.7. The molecule has 8 atom stereocenters. The summed E-state index contributed by atoms with van der Waals surface area (Å²) in [7, 11) is 0. The maximum Gasteiger partial charge on any atom is -0.0152 e. The van der Waals surface area contributed by atoms with Gasteiger partial charge >= 0.3 is 0 Å². The Morgan fingerprint density at radius 1 is 0.852 bits per heavy atom. The summed E-state index contributed by atoms with van der Waals surface area (Å²) in [6, 6.07) is 0. The van der Waals surface area contributed by atoms with Gasteiger partial charge in [-0.1, -0.05) is 66.5 Å². The van der Waals surface area contributed by atoms with Crippen molar-refractivity contribution in [3.05, 3.63) is 12.2 Å². The van der Waals surface area contributed by atoms with Crippen LogP contribution in [0.15, 0.2) is 12.2 Å². The Bertz CT molecular complexity index is 546. The van der Waals surface area contributed by atoms with Crippen LogP contribution in [-0.2, 0) is 0 Å². The molecule has 0 nitrogen and oxygen atoms in total. The van der Waals surface area contributed by atoms with Gasteiger partial charge in [-0.3, -0.25) is 0 Å². The smallest absolute Gasteiger partial charge is 0.0152 e. The fourth-order valence-electron chi connectivity index (χ4n) is 8.94. The van der Waals surface area contributed by atoms with Gasteiger partial charge in [-0.2, -0.15) is 0 Å². The molecule has 0 heteroatoms. The van der Waals surface area contributed by atoms with Crippen LogP contribution in [0.1, 0.15) is 113 Å². The van der Waals surface area contributed by atoms with Gasteiger partial charge in [0.2, 0.25) is 0 Å². The molecule has 0 aromatic carbocycles. The Labute approximate surface area is 171 Å². The average molecular weight is 373 g/mol. The molecule has 0 saturated heterocycles. The fraction of sp³-hybridized carbons (Fsp3) is 0.926. The molecule has 4 saturated carbocycles. The van der Waals surface area contributed by atoms with Crippen molar-refractivity contribution in [3.63, 3.8) is 0 Å². The van der Waals surface area contributed by atoms with E-state index in [0.717, 1.165) is 29.6 Å². The van der Waals surface area contributed by atoms with E-state index in [2.05, 4.69) is 41.2 Å². The number of hydrogen-bond acceptors (Lipinski definition) is 0. The van der Waals surface area contributed by atoms with Crippen LogP contribution in [0.25, 0.3) is 0 Å². The molecule has 8 unspecified atom stereocenters. The molecule has 0 amide bonds. The van der Waals surface area contributed by atoms with Gasteiger partial charge in [-0.25, -0.2) is 0 Å². The first kappa shape index (κ1) is 21.4. The Morgan fingerprint density at radius 3 is 2.22 bits per heavy atom. The second kappa shape index (κ2) is 7.53. The summed E-state index contributed by atoms with van der Waals surface area (Å²) in [6.07, 6.45) is 14.8. The first-order valence-corrected chi connectivity index (χ1v) is 12.4. The van der Waals surface area contributed by atoms with Crippen molar-refractivity contribution in [1.82, 2.24) is 0 Å². The number of hydrogen-bond donors (Lipinski definition) is 0. The highest BCUT2D eigenvalue weighted by Gasteiger charge is 2.62. The van der Waals surface area contributed by atoms with E-state index in [1.54, 1.807) is 0 Å². The van der Waals surface area contributed by atoms with Crippen molar-refractivity contribution in [2.24, 2.45) is 45.8 Å². The third kappa shape index (κ3) is 3.16. The lowest BCUT2D eigenvalue weighted by Crippen LogP contribution is -2.59. The van der Waals surface area contributed by atoms with Gasteiger partial charge in [0.25, 0.3) is 0 Å². The van der Waals surface area contributed by atoms with Crippen LogP contribution in [0, 0.1) is 45.8 Å². The van der Waals surface area contributed by atoms with Crippen molar-refractivity contribution in [2.45, 2.75) is 113 Å². The number of rotatable bonds is 1. The molecule has 0 aromatic rings. The van der Waals surface area contributed by atoms with Crippen molar-refractivity contribution < 1.29 is 0 Å². The van der Waals surface area contributed by atoms with Crippen molar-refractivity contribution in [3.8, 4) is 0 Å². The van der Waals surface area contributed by atoms with E-state index >= 15 is 0 Å². The molecule has 0 aliphatic heterocycles. The van der Waals surface area contributed by atoms with Crippen LogP contribution >= 0.6 is 0 Å². The van der Waals surface area contributed by atoms with Gasteiger partial charge in [0.05, 0.1) is 0 Å². The molecule has 4 rings (SSSR count). The summed E-state index contributed by atoms with van der Waals surface area (Å²) in [5.41, 5.74) is 3.25. The highest BCUT2D eigenvalue weighted by atomic mass is 14.7. The summed E-state index contributed by atoms with van der Waals surface area (Å²) in [4.78, 5) is 0. The van der Waals surface area contributed by atoms with Crippen molar-refractivity contribution >= 4 is 0 Å². The van der Waals surface area contributed by atoms with E-state index in [-0.39, 0.29) is 0 Å². The predicted octanol–water partition coefficient (Wildman–Crippen LogP) is 8.66. The SMILES string of the molecule is C=C(C)C1CCCC2C3CCC4(C)CC(C)CCC4(C)C3CCC12C.CC. The van der Waals surface area contributed by atoms with Crippen LogP contribution in [0.3, 0.4) is 0 Å². The first-order valence-electron chi connectivity index (χ1n) is 12.4. The zero-order valence-electron chi connectivity index (χ0n) is 19.7. The predicted molar refractivity (Wildman–Crippen MR) is 120 cm³/mol. The molecule has 0 spiro atoms. The summed E-state index contributed by atoms with van der Waals surface area (Å²) < 4.78 is 0. The van der Waals surface area contributed by atoms with Crippen molar-refractivity contribution in [1.29, 1.82) is 0 Å². The van der Waals surface area contributed by atoms with Crippen LogP contribution < -0.4 is 0 Å². The lowest BCUT2D eigenvalue weighted by Gasteiger charge is -2.67. The Kier molecular flexibility index (Phi) is 5.98. The van der Waals surface area contributed by atoms with Gasteiger partial charge in [0.1, 0.15) is 0 Å². The second-order valence-corrected chi connectivity index (χ2v) is 11.6. The first-order chi connectivity index (χ1) is 12.7. The standard InChI is InChI=1S/C25H42.C2H6/c1-17(2)20-8-7-9-21-19-11-13-23(4)16-18(3)10-15-25(23,6)22(19)12-14-24(20,21)5;1-2/h18-22H,1,7-16H2,2-6H3;1-2H3. The fourth-order valence-corrected chi connectivity index (χ4v) is 8.94. The molecule has 4 aliphatic carbocycles. The lowest BCUT2D eigenvalue weighted by atomic mass is 9.38. The van der Waals surface area contributed by atoms with Gasteiger partial charge < -0.3 is 0 Å². The molecule has 4 aliphatic rings. The van der Waals surface area contributed by atoms with Crippen LogP contribution in [0.2, 0.25) is 0 Å². The summed E-state index contributed by atoms with van der Waals surface area (Å²) in [6.45, 7) is 21.3. The second-order valence-electron chi connectivity index (χ2n) is 11.6. The molecule has 0 bridgehead atoms. The third-order valence-electron chi connectivity index (χ3n) is 10.5. The zero-order valence-corrected chi connectivity index (χ0v) is 19.7. The monoisotopic (exact) mass is 372 g/mol. The van der Waals surface area contributed by atoms with Gasteiger partial charge in [-0.05, 0) is 104 Å². The maximum atomic E-state index is 4.42. The number of fused-ring (bicyclic) bond motifs is 5. The van der Waals surface area contributed by atoms with Gasteiger partial charge in [0, 0.05) is 0 Å². The molecule has 0 aromatic heterocycles. The molecular formula is C27H48. The largest absolute Gasteiger partial charge is 0.0998 e. The summed E-state index contributed by atoms with van der Waals surface area (Å²) >= 11 is 0. The molecular weight excluding hydrogens is 324 g/mol. The topological polar surface area (TPSA) is 0 Å². The van der Waals surface area contributed by atoms with Gasteiger partial charge in [-0.15, -0.1) is 0 Å². The molecule has 27 heavy (non-hydrogen) atoms. The highest BCUT2D eigenvalue weighted by Crippen LogP contribution is 2.70. The summed E-state index contributed by atoms with van der Waals surface area (Å²) in [5, 5.41) is 0. The van der Waals surface area contributed by atoms with E-state index < -0.39 is 0 Å². The highest BCUT2D eigenvalue weighted by molar-refractivity contribution is 5.15. The lowest BCUT2D eigenvalue weighted by molar-refractivity contribution is -0.174. The summed E-state index contributed by atoms with van der Waals surface area (Å²) in [5.74, 6) is 4.72. The number of allylic oxidation sites excluding steroid dienone is 1. The van der Waals surface area contributed by atoms with Gasteiger partial charge in [0.15, 0.2) is 0 Å². The molecule has 0 N–H and O–H groups in total. The Balaban J connectivity index is 0.00000102. The van der Waals surface area contributed by atoms with Crippen LogP contribution in [-0.4, -0.2) is 0 Å². The maximum absolute atomic E-state index is 4.42. The third-order valence-corrected chi connectivity index (χ3v) is 10.5. The van der Waals surface area contributed by atoms with E-state index in [1.807, 2.05) is 13.8 Å². The van der Waals surface area contributed by atoms with E-state index in [1.165, 1.54) is 69.8 Å². The van der Waals surface area contributed by atoms with Crippen LogP contribution in [0.4, 0.5) is 0 Å². The van der Waals surface area contributed by atoms with E-state index in [9.17, 15) is 0 Å². The van der Waals surface area contributed by atoms with E-state index in [0.29, 0.717) is 16.2 Å². The van der Waals surface area contributed by atoms with E-state index in [4.69, 9.17) is 0 Å². The molecule has 156 valence electrons. The minimum atomic E-state index is 0.553. The minimum Gasteiger partial charge on any atom is -0.0998 e.